The lowest BCUT2D eigenvalue weighted by Crippen LogP contribution is -2.67. The van der Waals surface area contributed by atoms with Crippen LogP contribution in [0.2, 0.25) is 0 Å². The van der Waals surface area contributed by atoms with Gasteiger partial charge in [-0.1, -0.05) is 38.5 Å². The number of halogens is 6. The van der Waals surface area contributed by atoms with Gasteiger partial charge in [-0.25, -0.2) is 0 Å². The number of carboxylic acids is 1. The number of hydrogen-bond acceptors (Lipinski definition) is 8. The number of para-hydroxylation sites is 1. The van der Waals surface area contributed by atoms with Gasteiger partial charge in [-0.15, -0.1) is 11.3 Å². The second-order valence-corrected chi connectivity index (χ2v) is 15.6. The molecule has 1 saturated carbocycles. The summed E-state index contributed by atoms with van der Waals surface area (Å²) in [6.07, 6.45) is -6.42. The molecule has 2 amide bonds. The quantitative estimate of drug-likeness (QED) is 0.155. The molecule has 2 N–H and O–H groups in total. The monoisotopic (exact) mass is 827 g/mol. The number of aromatic nitrogens is 1. The van der Waals surface area contributed by atoms with Crippen molar-refractivity contribution < 1.29 is 60.4 Å². The van der Waals surface area contributed by atoms with Crippen molar-refractivity contribution in [1.29, 1.82) is 0 Å². The highest BCUT2D eigenvalue weighted by molar-refractivity contribution is 7.10. The van der Waals surface area contributed by atoms with Gasteiger partial charge in [-0.05, 0) is 69.6 Å². The molecule has 0 bridgehead atoms. The summed E-state index contributed by atoms with van der Waals surface area (Å²) in [5.74, 6) is -3.00. The Bertz CT molecular complexity index is 1880. The van der Waals surface area contributed by atoms with Crippen LogP contribution in [0.1, 0.15) is 105 Å². The summed E-state index contributed by atoms with van der Waals surface area (Å²) in [6, 6.07) is 8.21. The molecule has 0 spiro atoms. The summed E-state index contributed by atoms with van der Waals surface area (Å²) >= 11 is 0.355. The number of pyridine rings is 1. The molecule has 0 radical (unpaired) electrons. The lowest BCUT2D eigenvalue weighted by atomic mass is 9.79. The average Bonchev–Trinajstić information content (AvgIpc) is 3.66. The Morgan fingerprint density at radius 1 is 1.00 bits per heavy atom. The number of carboxylic acid groups (broad SMARTS) is 1. The minimum absolute atomic E-state index is 0.0331. The molecule has 1 aromatic carbocycles. The van der Waals surface area contributed by atoms with Crippen molar-refractivity contribution in [3.05, 3.63) is 75.7 Å². The number of likely N-dealkylation sites (tertiary alicyclic amines) is 1. The van der Waals surface area contributed by atoms with Crippen molar-refractivity contribution in [2.24, 2.45) is 5.92 Å². The van der Waals surface area contributed by atoms with E-state index in [2.05, 4.69) is 4.98 Å². The van der Waals surface area contributed by atoms with Crippen molar-refractivity contribution in [1.82, 2.24) is 14.8 Å². The third kappa shape index (κ3) is 9.67. The predicted octanol–water partition coefficient (Wildman–Crippen LogP) is 8.57. The number of thiophene rings is 1. The van der Waals surface area contributed by atoms with Crippen molar-refractivity contribution in [2.45, 2.75) is 114 Å². The first-order valence-electron chi connectivity index (χ1n) is 19.0. The van der Waals surface area contributed by atoms with Gasteiger partial charge in [0.05, 0.1) is 29.2 Å². The van der Waals surface area contributed by atoms with Crippen molar-refractivity contribution in [3.8, 4) is 11.5 Å². The maximum absolute atomic E-state index is 14.9. The van der Waals surface area contributed by atoms with Crippen molar-refractivity contribution in [2.75, 3.05) is 20.1 Å². The smallest absolute Gasteiger partial charge is 0.425 e. The van der Waals surface area contributed by atoms with Crippen LogP contribution < -0.4 is 9.47 Å². The maximum Gasteiger partial charge on any atom is 0.425 e. The molecule has 1 saturated heterocycles. The zero-order valence-electron chi connectivity index (χ0n) is 31.9. The van der Waals surface area contributed by atoms with Gasteiger partial charge in [0.2, 0.25) is 5.60 Å². The first kappa shape index (κ1) is 43.7. The van der Waals surface area contributed by atoms with Gasteiger partial charge >= 0.3 is 18.3 Å². The molecule has 2 aromatic heterocycles. The first-order chi connectivity index (χ1) is 26.8. The third-order valence-electron chi connectivity index (χ3n) is 11.0. The van der Waals surface area contributed by atoms with Gasteiger partial charge in [-0.2, -0.15) is 26.3 Å². The number of nitrogens with zero attached hydrogens (tertiary/aromatic N) is 3. The lowest BCUT2D eigenvalue weighted by molar-refractivity contribution is -0.158. The highest BCUT2D eigenvalue weighted by Crippen LogP contribution is 2.43. The molecule has 10 nitrogen and oxygen atoms in total. The van der Waals surface area contributed by atoms with E-state index < -0.39 is 69.4 Å². The van der Waals surface area contributed by atoms with Crippen LogP contribution in [0.4, 0.5) is 26.3 Å². The van der Waals surface area contributed by atoms with Crippen LogP contribution in [0.25, 0.3) is 0 Å². The summed E-state index contributed by atoms with van der Waals surface area (Å²) in [7, 11) is 1.44. The van der Waals surface area contributed by atoms with Crippen molar-refractivity contribution >= 4 is 29.1 Å². The Morgan fingerprint density at radius 3 is 2.30 bits per heavy atom. The van der Waals surface area contributed by atoms with Crippen LogP contribution in [-0.4, -0.2) is 80.7 Å². The molecule has 1 aliphatic carbocycles. The fraction of sp³-hybridized carbons (Fsp3) is 0.550. The molecule has 3 heterocycles. The molecule has 2 fully saturated rings. The van der Waals surface area contributed by atoms with Gasteiger partial charge in [0, 0.05) is 49.8 Å². The molecule has 1 unspecified atom stereocenters. The molecule has 3 aromatic rings. The Morgan fingerprint density at radius 2 is 1.68 bits per heavy atom. The van der Waals surface area contributed by atoms with Crippen LogP contribution in [0.5, 0.6) is 11.5 Å². The van der Waals surface area contributed by atoms with Gasteiger partial charge in [0.1, 0.15) is 22.1 Å². The topological polar surface area (TPSA) is 130 Å². The number of carbonyl (C=O) groups is 3. The third-order valence-corrected chi connectivity index (χ3v) is 12.0. The number of amides is 2. The Hall–Kier alpha value is -4.38. The summed E-state index contributed by atoms with van der Waals surface area (Å²) in [4.78, 5) is 45.6. The van der Waals surface area contributed by atoms with E-state index in [4.69, 9.17) is 9.47 Å². The molecule has 2 aliphatic rings. The predicted molar refractivity (Wildman–Crippen MR) is 198 cm³/mol. The molecular weight excluding hydrogens is 781 g/mol. The fourth-order valence-corrected chi connectivity index (χ4v) is 8.59. The maximum atomic E-state index is 14.9. The number of hydrogen-bond donors (Lipinski definition) is 2. The number of aliphatic hydroxyl groups is 1. The molecular formula is C40H47F6N3O7S. The zero-order valence-corrected chi connectivity index (χ0v) is 32.7. The number of carbonyl (C=O) groups excluding carboxylic acids is 2. The van der Waals surface area contributed by atoms with E-state index in [1.165, 1.54) is 11.9 Å². The van der Waals surface area contributed by atoms with E-state index in [0.717, 1.165) is 34.7 Å². The highest BCUT2D eigenvalue weighted by Gasteiger charge is 2.56. The molecule has 1 aliphatic heterocycles. The van der Waals surface area contributed by atoms with E-state index >= 15 is 0 Å². The molecule has 5 rings (SSSR count). The number of benzene rings is 1. The highest BCUT2D eigenvalue weighted by atomic mass is 32.1. The Balaban J connectivity index is 1.46. The Kier molecular flexibility index (Phi) is 13.5. The molecule has 3 atom stereocenters. The molecule has 17 heteroatoms. The summed E-state index contributed by atoms with van der Waals surface area (Å²) in [5.41, 5.74) is -5.27. The minimum Gasteiger partial charge on any atom is -0.490 e. The van der Waals surface area contributed by atoms with E-state index in [1.54, 1.807) is 38.1 Å². The molecule has 57 heavy (non-hydrogen) atoms. The van der Waals surface area contributed by atoms with Crippen LogP contribution in [0.15, 0.2) is 54.0 Å². The lowest BCUT2D eigenvalue weighted by Gasteiger charge is -2.49. The SMILES string of the molecule is CCC[C@H]1N(C(=O)c2ncccc2C(F)(F)F)CCC[C@@]1(Oc1csc(C(F)(F)F)c1)C(=O)N(C)CCC(O)(CC)c1ccccc1O[C@H]1CC[C@H](C(=O)O)CC1. The van der Waals surface area contributed by atoms with Gasteiger partial charge in [-0.3, -0.25) is 19.4 Å². The second-order valence-electron chi connectivity index (χ2n) is 14.7. The van der Waals surface area contributed by atoms with Crippen LogP contribution in [0, 0.1) is 5.92 Å². The average molecular weight is 828 g/mol. The van der Waals surface area contributed by atoms with Crippen molar-refractivity contribution in [3.63, 3.8) is 0 Å². The standard InChI is InChI=1S/C40H47F6N3O7S/c1-4-10-31-38(56-27-23-32(57-24-27)40(44,45)46,18-9-21-49(31)34(50)33-29(39(41,42)43)12-8-20-47-33)36(53)48(3)22-19-37(54,5-2)28-11-6-7-13-30(28)55-26-16-14-25(15-17-26)35(51)52/h6-8,11-13,20,23-26,31,54H,4-5,9-10,14-19,21-22H2,1-3H3,(H,51,52)/t25-,26-,31-,37?,38+/m1/s1. The normalized spacial score (nSPS) is 22.7. The van der Waals surface area contributed by atoms with Crippen LogP contribution in [0.3, 0.4) is 0 Å². The zero-order chi connectivity index (χ0) is 41.8. The van der Waals surface area contributed by atoms with Gasteiger partial charge < -0.3 is 29.5 Å². The first-order valence-corrected chi connectivity index (χ1v) is 19.9. The summed E-state index contributed by atoms with van der Waals surface area (Å²) < 4.78 is 96.0. The summed E-state index contributed by atoms with van der Waals surface area (Å²) in [5, 5.41) is 22.6. The van der Waals surface area contributed by atoms with E-state index in [1.807, 2.05) is 0 Å². The molecule has 312 valence electrons. The van der Waals surface area contributed by atoms with Gasteiger partial charge in [0.25, 0.3) is 11.8 Å². The van der Waals surface area contributed by atoms with Crippen LogP contribution in [-0.2, 0) is 27.5 Å². The summed E-state index contributed by atoms with van der Waals surface area (Å²) in [6.45, 7) is 3.32. The van der Waals surface area contributed by atoms with E-state index in [9.17, 15) is 50.9 Å². The second kappa shape index (κ2) is 17.6. The van der Waals surface area contributed by atoms with E-state index in [0.29, 0.717) is 54.8 Å². The number of aliphatic carboxylic acids is 1. The fourth-order valence-electron chi connectivity index (χ4n) is 7.92. The number of alkyl halides is 6. The van der Waals surface area contributed by atoms with Crippen LogP contribution >= 0.6 is 11.3 Å². The Labute approximate surface area is 330 Å². The number of piperidine rings is 1. The number of likely N-dealkylation sites (N-methyl/N-ethyl adjacent to an activating group) is 1. The van der Waals surface area contributed by atoms with E-state index in [-0.39, 0.29) is 57.0 Å². The number of rotatable bonds is 14. The minimum atomic E-state index is -4.93. The van der Waals surface area contributed by atoms with Gasteiger partial charge in [0.15, 0.2) is 0 Å². The largest absolute Gasteiger partial charge is 0.490 e. The number of ether oxygens (including phenoxy) is 2.